The number of carbonyl (C=O) groups excluding carboxylic acids is 2. The molecule has 0 aliphatic carbocycles. The van der Waals surface area contributed by atoms with Crippen LogP contribution in [0.1, 0.15) is 0 Å². The van der Waals surface area contributed by atoms with E-state index < -0.39 is 12.1 Å². The van der Waals surface area contributed by atoms with E-state index in [2.05, 4.69) is 5.73 Å². The highest BCUT2D eigenvalue weighted by atomic mass is 16.2. The van der Waals surface area contributed by atoms with Crippen LogP contribution in [0.15, 0.2) is 0 Å². The third kappa shape index (κ3) is 3.33. The first-order chi connectivity index (χ1) is 4.04. The van der Waals surface area contributed by atoms with Crippen molar-refractivity contribution in [3.63, 3.8) is 0 Å². The Morgan fingerprint density at radius 2 is 1.89 bits per heavy atom. The van der Waals surface area contributed by atoms with E-state index in [1.54, 1.807) is 0 Å². The minimum absolute atomic E-state index is 0.512. The number of amides is 4. The molecule has 0 unspecified atom stereocenters. The zero-order valence-corrected chi connectivity index (χ0v) is 5.34. The SMILES string of the molecule is CN(C)C(=O)NC(N)=O. The Labute approximate surface area is 52.8 Å². The predicted octanol–water partition coefficient (Wildman–Crippen LogP) is -0.664. The molecule has 5 heteroatoms. The van der Waals surface area contributed by atoms with Crippen LogP contribution in [0.5, 0.6) is 0 Å². The first kappa shape index (κ1) is 7.74. The van der Waals surface area contributed by atoms with Crippen LogP contribution in [0.3, 0.4) is 0 Å². The summed E-state index contributed by atoms with van der Waals surface area (Å²) in [6.07, 6.45) is 0. The number of nitrogens with one attached hydrogen (secondary N) is 1. The van der Waals surface area contributed by atoms with Gasteiger partial charge in [0.2, 0.25) is 0 Å². The Kier molecular flexibility index (Phi) is 2.50. The monoisotopic (exact) mass is 131 g/mol. The van der Waals surface area contributed by atoms with Crippen molar-refractivity contribution < 1.29 is 9.59 Å². The molecule has 0 saturated heterocycles. The number of urea groups is 2. The lowest BCUT2D eigenvalue weighted by Gasteiger charge is -2.07. The van der Waals surface area contributed by atoms with E-state index in [0.29, 0.717) is 0 Å². The maximum Gasteiger partial charge on any atom is 0.324 e. The Balaban J connectivity index is 3.64. The number of nitrogens with two attached hydrogens (primary N) is 1. The van der Waals surface area contributed by atoms with E-state index in [4.69, 9.17) is 0 Å². The molecule has 0 spiro atoms. The molecule has 0 aromatic carbocycles. The fourth-order valence-corrected chi connectivity index (χ4v) is 0.217. The summed E-state index contributed by atoms with van der Waals surface area (Å²) < 4.78 is 0. The maximum atomic E-state index is 10.5. The summed E-state index contributed by atoms with van der Waals surface area (Å²) in [6.45, 7) is 0. The number of rotatable bonds is 0. The highest BCUT2D eigenvalue weighted by Gasteiger charge is 2.03. The van der Waals surface area contributed by atoms with Crippen LogP contribution in [-0.2, 0) is 0 Å². The summed E-state index contributed by atoms with van der Waals surface area (Å²) >= 11 is 0. The van der Waals surface area contributed by atoms with E-state index in [9.17, 15) is 9.59 Å². The average Bonchev–Trinajstić information content (AvgIpc) is 1.63. The van der Waals surface area contributed by atoms with E-state index in [1.165, 1.54) is 19.0 Å². The smallest absolute Gasteiger partial charge is 0.324 e. The summed E-state index contributed by atoms with van der Waals surface area (Å²) in [7, 11) is 3.02. The number of hydrogen-bond donors (Lipinski definition) is 2. The van der Waals surface area contributed by atoms with Crippen molar-refractivity contribution in [2.24, 2.45) is 5.73 Å². The molecule has 0 rings (SSSR count). The van der Waals surface area contributed by atoms with Gasteiger partial charge in [0, 0.05) is 14.1 Å². The van der Waals surface area contributed by atoms with Crippen LogP contribution >= 0.6 is 0 Å². The van der Waals surface area contributed by atoms with E-state index in [-0.39, 0.29) is 0 Å². The van der Waals surface area contributed by atoms with Gasteiger partial charge in [0.05, 0.1) is 0 Å². The average molecular weight is 131 g/mol. The first-order valence-electron chi connectivity index (χ1n) is 2.31. The molecule has 0 fully saturated rings. The second-order valence-corrected chi connectivity index (χ2v) is 1.69. The Hall–Kier alpha value is -1.26. The summed E-state index contributed by atoms with van der Waals surface area (Å²) in [5, 5.41) is 1.87. The van der Waals surface area contributed by atoms with Crippen LogP contribution in [0.25, 0.3) is 0 Å². The molecular weight excluding hydrogens is 122 g/mol. The van der Waals surface area contributed by atoms with Gasteiger partial charge in [0.15, 0.2) is 0 Å². The fourth-order valence-electron chi connectivity index (χ4n) is 0.217. The van der Waals surface area contributed by atoms with Gasteiger partial charge in [-0.2, -0.15) is 0 Å². The van der Waals surface area contributed by atoms with E-state index >= 15 is 0 Å². The molecule has 0 aromatic heterocycles. The Morgan fingerprint density at radius 3 is 2.00 bits per heavy atom. The number of hydrogen-bond acceptors (Lipinski definition) is 2. The van der Waals surface area contributed by atoms with Crippen molar-refractivity contribution in [2.45, 2.75) is 0 Å². The Morgan fingerprint density at radius 1 is 1.44 bits per heavy atom. The zero-order chi connectivity index (χ0) is 7.44. The molecule has 0 radical (unpaired) electrons. The third-order valence-corrected chi connectivity index (χ3v) is 0.636. The van der Waals surface area contributed by atoms with E-state index in [0.717, 1.165) is 0 Å². The van der Waals surface area contributed by atoms with Crippen molar-refractivity contribution >= 4 is 12.1 Å². The standard InChI is InChI=1S/C4H9N3O2/c1-7(2)4(9)6-3(5)8/h1-2H3,(H3,5,6,8,9). The molecule has 3 N–H and O–H groups in total. The minimum Gasteiger partial charge on any atom is -0.351 e. The summed E-state index contributed by atoms with van der Waals surface area (Å²) in [5.41, 5.74) is 4.63. The molecule has 0 aromatic rings. The first-order valence-corrected chi connectivity index (χ1v) is 2.31. The summed E-state index contributed by atoms with van der Waals surface area (Å²) in [5.74, 6) is 0. The Bertz CT molecular complexity index is 132. The lowest BCUT2D eigenvalue weighted by Crippen LogP contribution is -2.41. The molecule has 0 aliphatic heterocycles. The number of primary amides is 1. The van der Waals surface area contributed by atoms with Gasteiger partial charge < -0.3 is 10.6 Å². The predicted molar refractivity (Wildman–Crippen MR) is 31.8 cm³/mol. The van der Waals surface area contributed by atoms with Gasteiger partial charge in [-0.05, 0) is 0 Å². The van der Waals surface area contributed by atoms with Gasteiger partial charge in [-0.1, -0.05) is 0 Å². The van der Waals surface area contributed by atoms with E-state index in [1.807, 2.05) is 5.32 Å². The number of nitrogens with zero attached hydrogens (tertiary/aromatic N) is 1. The van der Waals surface area contributed by atoms with Gasteiger partial charge in [-0.15, -0.1) is 0 Å². The van der Waals surface area contributed by atoms with Gasteiger partial charge >= 0.3 is 12.1 Å². The van der Waals surface area contributed by atoms with Gasteiger partial charge in [0.25, 0.3) is 0 Å². The molecule has 0 saturated carbocycles. The van der Waals surface area contributed by atoms with Crippen LogP contribution < -0.4 is 11.1 Å². The minimum atomic E-state index is -0.839. The molecule has 9 heavy (non-hydrogen) atoms. The van der Waals surface area contributed by atoms with Gasteiger partial charge in [-0.25, -0.2) is 9.59 Å². The van der Waals surface area contributed by atoms with Crippen molar-refractivity contribution in [2.75, 3.05) is 14.1 Å². The van der Waals surface area contributed by atoms with Crippen LogP contribution in [0, 0.1) is 0 Å². The number of imide groups is 1. The van der Waals surface area contributed by atoms with Crippen molar-refractivity contribution in [1.82, 2.24) is 10.2 Å². The van der Waals surface area contributed by atoms with Gasteiger partial charge in [0.1, 0.15) is 0 Å². The second-order valence-electron chi connectivity index (χ2n) is 1.69. The largest absolute Gasteiger partial charge is 0.351 e. The lowest BCUT2D eigenvalue weighted by molar-refractivity contribution is 0.213. The second kappa shape index (κ2) is 2.91. The normalized spacial score (nSPS) is 8.22. The highest BCUT2D eigenvalue weighted by molar-refractivity contribution is 5.92. The summed E-state index contributed by atoms with van der Waals surface area (Å²) in [4.78, 5) is 21.7. The molecular formula is C4H9N3O2. The molecule has 0 atom stereocenters. The molecule has 52 valence electrons. The third-order valence-electron chi connectivity index (χ3n) is 0.636. The molecule has 5 nitrogen and oxygen atoms in total. The van der Waals surface area contributed by atoms with Crippen LogP contribution in [-0.4, -0.2) is 31.1 Å². The highest BCUT2D eigenvalue weighted by Crippen LogP contribution is 1.73. The fraction of sp³-hybridized carbons (Fsp3) is 0.500. The zero-order valence-electron chi connectivity index (χ0n) is 5.34. The molecule has 0 aliphatic rings. The topological polar surface area (TPSA) is 75.4 Å². The summed E-state index contributed by atoms with van der Waals surface area (Å²) in [6, 6.07) is -1.35. The van der Waals surface area contributed by atoms with Crippen molar-refractivity contribution in [3.05, 3.63) is 0 Å². The number of carbonyl (C=O) groups is 2. The van der Waals surface area contributed by atoms with Crippen LogP contribution in [0.4, 0.5) is 9.59 Å². The quantitative estimate of drug-likeness (QED) is 0.457. The van der Waals surface area contributed by atoms with Crippen LogP contribution in [0.2, 0.25) is 0 Å². The van der Waals surface area contributed by atoms with Gasteiger partial charge in [-0.3, -0.25) is 5.32 Å². The van der Waals surface area contributed by atoms with Crippen molar-refractivity contribution in [1.29, 1.82) is 0 Å². The molecule has 4 amide bonds. The lowest BCUT2D eigenvalue weighted by atomic mass is 10.8. The molecule has 0 heterocycles. The maximum absolute atomic E-state index is 10.5. The van der Waals surface area contributed by atoms with Crippen molar-refractivity contribution in [3.8, 4) is 0 Å². The molecule has 0 bridgehead atoms.